The van der Waals surface area contributed by atoms with Crippen molar-refractivity contribution in [3.63, 3.8) is 0 Å². The first-order valence-electron chi connectivity index (χ1n) is 4.53. The average Bonchev–Trinajstić information content (AvgIpc) is 2.64. The number of carbonyl (C=O) groups is 1. The van der Waals surface area contributed by atoms with Crippen molar-refractivity contribution in [1.82, 2.24) is 9.78 Å². The normalized spacial score (nSPS) is 10.5. The molecule has 2 rings (SSSR count). The minimum atomic E-state index is -1.19. The Morgan fingerprint density at radius 2 is 2.24 bits per heavy atom. The number of hydrogen-bond donors (Lipinski definition) is 2. The quantitative estimate of drug-likeness (QED) is 0.859. The standard InChI is InChI=1S/C10H7ClFN3O2/c11-7-2-1-5(3-8(7)12)15-9(13)6(4-14-15)10(16)17/h1-4H,13H2,(H,16,17). The summed E-state index contributed by atoms with van der Waals surface area (Å²) in [4.78, 5) is 10.8. The van der Waals surface area contributed by atoms with Crippen molar-refractivity contribution in [2.24, 2.45) is 0 Å². The summed E-state index contributed by atoms with van der Waals surface area (Å²) >= 11 is 5.53. The Kier molecular flexibility index (Phi) is 2.72. The number of carboxylic acid groups (broad SMARTS) is 1. The van der Waals surface area contributed by atoms with Crippen LogP contribution < -0.4 is 5.73 Å². The van der Waals surface area contributed by atoms with Crippen LogP contribution in [-0.4, -0.2) is 20.9 Å². The number of nitrogens with two attached hydrogens (primary N) is 1. The van der Waals surface area contributed by atoms with E-state index >= 15 is 0 Å². The molecule has 0 bridgehead atoms. The highest BCUT2D eigenvalue weighted by Gasteiger charge is 2.15. The zero-order valence-corrected chi connectivity index (χ0v) is 9.15. The monoisotopic (exact) mass is 255 g/mol. The molecule has 2 aromatic rings. The first-order chi connectivity index (χ1) is 8.00. The Morgan fingerprint density at radius 3 is 2.76 bits per heavy atom. The fourth-order valence-electron chi connectivity index (χ4n) is 1.35. The van der Waals surface area contributed by atoms with Crippen LogP contribution in [0, 0.1) is 5.82 Å². The van der Waals surface area contributed by atoms with E-state index in [0.717, 1.165) is 16.9 Å². The highest BCUT2D eigenvalue weighted by atomic mass is 35.5. The van der Waals surface area contributed by atoms with Gasteiger partial charge in [0.1, 0.15) is 17.2 Å². The zero-order valence-electron chi connectivity index (χ0n) is 8.39. The van der Waals surface area contributed by atoms with Crippen molar-refractivity contribution < 1.29 is 14.3 Å². The second kappa shape index (κ2) is 4.06. The van der Waals surface area contributed by atoms with Crippen molar-refractivity contribution in [3.05, 3.63) is 40.8 Å². The summed E-state index contributed by atoms with van der Waals surface area (Å²) in [6, 6.07) is 3.95. The van der Waals surface area contributed by atoms with Gasteiger partial charge < -0.3 is 10.8 Å². The number of halogens is 2. The second-order valence-electron chi connectivity index (χ2n) is 3.26. The molecule has 1 aromatic carbocycles. The molecule has 0 saturated carbocycles. The summed E-state index contributed by atoms with van der Waals surface area (Å²) < 4.78 is 14.4. The number of anilines is 1. The smallest absolute Gasteiger partial charge is 0.341 e. The third kappa shape index (κ3) is 1.94. The fourth-order valence-corrected chi connectivity index (χ4v) is 1.46. The number of rotatable bonds is 2. The second-order valence-corrected chi connectivity index (χ2v) is 3.67. The largest absolute Gasteiger partial charge is 0.477 e. The molecule has 3 N–H and O–H groups in total. The molecule has 1 aromatic heterocycles. The first-order valence-corrected chi connectivity index (χ1v) is 4.90. The van der Waals surface area contributed by atoms with Gasteiger partial charge in [-0.05, 0) is 12.1 Å². The van der Waals surface area contributed by atoms with Gasteiger partial charge in [-0.1, -0.05) is 11.6 Å². The predicted octanol–water partition coefficient (Wildman–Crippen LogP) is 1.95. The third-order valence-electron chi connectivity index (χ3n) is 2.18. The van der Waals surface area contributed by atoms with Crippen molar-refractivity contribution in [2.75, 3.05) is 5.73 Å². The van der Waals surface area contributed by atoms with Gasteiger partial charge in [-0.3, -0.25) is 0 Å². The number of aromatic carboxylic acids is 1. The van der Waals surface area contributed by atoms with Gasteiger partial charge in [0.2, 0.25) is 0 Å². The molecule has 0 aliphatic rings. The summed E-state index contributed by atoms with van der Waals surface area (Å²) in [6.45, 7) is 0. The summed E-state index contributed by atoms with van der Waals surface area (Å²) in [6.07, 6.45) is 1.10. The molecule has 0 spiro atoms. The van der Waals surface area contributed by atoms with Crippen LogP contribution in [0.4, 0.5) is 10.2 Å². The van der Waals surface area contributed by atoms with Crippen LogP contribution >= 0.6 is 11.6 Å². The van der Waals surface area contributed by atoms with Crippen molar-refractivity contribution >= 4 is 23.4 Å². The average molecular weight is 256 g/mol. The van der Waals surface area contributed by atoms with Crippen LogP contribution in [-0.2, 0) is 0 Å². The van der Waals surface area contributed by atoms with Gasteiger partial charge in [0.25, 0.3) is 0 Å². The van der Waals surface area contributed by atoms with E-state index < -0.39 is 11.8 Å². The van der Waals surface area contributed by atoms with E-state index in [2.05, 4.69) is 5.10 Å². The molecular formula is C10H7ClFN3O2. The Hall–Kier alpha value is -2.08. The van der Waals surface area contributed by atoms with Gasteiger partial charge in [-0.15, -0.1) is 0 Å². The molecule has 0 amide bonds. The number of carboxylic acids is 1. The van der Waals surface area contributed by atoms with Gasteiger partial charge in [0.15, 0.2) is 0 Å². The molecule has 0 radical (unpaired) electrons. The van der Waals surface area contributed by atoms with Crippen LogP contribution in [0.5, 0.6) is 0 Å². The minimum Gasteiger partial charge on any atom is -0.477 e. The Labute approximate surface area is 100 Å². The molecule has 0 fully saturated rings. The molecule has 1 heterocycles. The van der Waals surface area contributed by atoms with Crippen LogP contribution in [0.25, 0.3) is 5.69 Å². The van der Waals surface area contributed by atoms with Crippen LogP contribution in [0.15, 0.2) is 24.4 Å². The lowest BCUT2D eigenvalue weighted by Gasteiger charge is -2.04. The Bertz CT molecular complexity index is 597. The lowest BCUT2D eigenvalue weighted by Crippen LogP contribution is -2.05. The first kappa shape index (κ1) is 11.4. The van der Waals surface area contributed by atoms with Gasteiger partial charge in [-0.2, -0.15) is 5.10 Å². The van der Waals surface area contributed by atoms with E-state index in [0.29, 0.717) is 5.69 Å². The van der Waals surface area contributed by atoms with Crippen LogP contribution in [0.1, 0.15) is 10.4 Å². The van der Waals surface area contributed by atoms with E-state index in [-0.39, 0.29) is 16.4 Å². The maximum absolute atomic E-state index is 13.2. The minimum absolute atomic E-state index is 0.0297. The number of hydrogen-bond acceptors (Lipinski definition) is 3. The molecule has 5 nitrogen and oxygen atoms in total. The maximum Gasteiger partial charge on any atom is 0.341 e. The molecular weight excluding hydrogens is 249 g/mol. The Morgan fingerprint density at radius 1 is 1.53 bits per heavy atom. The van der Waals surface area contributed by atoms with E-state index in [9.17, 15) is 9.18 Å². The van der Waals surface area contributed by atoms with E-state index in [4.69, 9.17) is 22.4 Å². The molecule has 0 unspecified atom stereocenters. The lowest BCUT2D eigenvalue weighted by molar-refractivity contribution is 0.0698. The highest BCUT2D eigenvalue weighted by Crippen LogP contribution is 2.21. The van der Waals surface area contributed by atoms with Crippen molar-refractivity contribution in [1.29, 1.82) is 0 Å². The predicted molar refractivity (Wildman–Crippen MR) is 59.9 cm³/mol. The molecule has 0 saturated heterocycles. The van der Waals surface area contributed by atoms with E-state index in [1.165, 1.54) is 12.1 Å². The van der Waals surface area contributed by atoms with Gasteiger partial charge in [0.05, 0.1) is 16.9 Å². The number of aromatic nitrogens is 2. The summed E-state index contributed by atoms with van der Waals surface area (Å²) in [5.74, 6) is -1.89. The molecule has 0 aliphatic carbocycles. The molecule has 88 valence electrons. The van der Waals surface area contributed by atoms with Crippen LogP contribution in [0.2, 0.25) is 5.02 Å². The third-order valence-corrected chi connectivity index (χ3v) is 2.49. The summed E-state index contributed by atoms with van der Waals surface area (Å²) in [5, 5.41) is 12.5. The van der Waals surface area contributed by atoms with Gasteiger partial charge >= 0.3 is 5.97 Å². The van der Waals surface area contributed by atoms with Crippen LogP contribution in [0.3, 0.4) is 0 Å². The topological polar surface area (TPSA) is 81.1 Å². The number of benzene rings is 1. The SMILES string of the molecule is Nc1c(C(=O)O)cnn1-c1ccc(Cl)c(F)c1. The zero-order chi connectivity index (χ0) is 12.6. The van der Waals surface area contributed by atoms with Crippen molar-refractivity contribution in [3.8, 4) is 5.69 Å². The number of nitrogen functional groups attached to an aromatic ring is 1. The Balaban J connectivity index is 2.53. The summed E-state index contributed by atoms with van der Waals surface area (Å²) in [7, 11) is 0. The van der Waals surface area contributed by atoms with Crippen molar-refractivity contribution in [2.45, 2.75) is 0 Å². The lowest BCUT2D eigenvalue weighted by atomic mass is 10.3. The molecule has 7 heteroatoms. The van der Waals surface area contributed by atoms with E-state index in [1.807, 2.05) is 0 Å². The molecule has 17 heavy (non-hydrogen) atoms. The molecule has 0 atom stereocenters. The van der Waals surface area contributed by atoms with Gasteiger partial charge in [0, 0.05) is 6.07 Å². The summed E-state index contributed by atoms with van der Waals surface area (Å²) in [5.41, 5.74) is 5.75. The molecule has 0 aliphatic heterocycles. The fraction of sp³-hybridized carbons (Fsp3) is 0. The number of nitrogens with zero attached hydrogens (tertiary/aromatic N) is 2. The van der Waals surface area contributed by atoms with E-state index in [1.54, 1.807) is 0 Å². The maximum atomic E-state index is 13.2. The highest BCUT2D eigenvalue weighted by molar-refractivity contribution is 6.30. The van der Waals surface area contributed by atoms with Gasteiger partial charge in [-0.25, -0.2) is 13.9 Å².